The van der Waals surface area contributed by atoms with Crippen LogP contribution in [0.1, 0.15) is 5.56 Å². The highest BCUT2D eigenvalue weighted by Crippen LogP contribution is 2.16. The predicted octanol–water partition coefficient (Wildman–Crippen LogP) is 1.72. The average molecular weight is 236 g/mol. The van der Waals surface area contributed by atoms with E-state index in [9.17, 15) is 0 Å². The van der Waals surface area contributed by atoms with Crippen molar-refractivity contribution in [3.63, 3.8) is 0 Å². The summed E-state index contributed by atoms with van der Waals surface area (Å²) in [6.45, 7) is 0.587. The molecule has 0 atom stereocenters. The van der Waals surface area contributed by atoms with Crippen LogP contribution in [-0.2, 0) is 6.54 Å². The van der Waals surface area contributed by atoms with Crippen LogP contribution in [0.25, 0.3) is 0 Å². The van der Waals surface area contributed by atoms with E-state index in [-0.39, 0.29) is 0 Å². The molecule has 0 aliphatic heterocycles. The van der Waals surface area contributed by atoms with Gasteiger partial charge in [0, 0.05) is 12.7 Å². The van der Waals surface area contributed by atoms with Gasteiger partial charge >= 0.3 is 0 Å². The van der Waals surface area contributed by atoms with Crippen molar-refractivity contribution in [1.82, 2.24) is 15.0 Å². The summed E-state index contributed by atoms with van der Waals surface area (Å²) in [7, 11) is 0. The molecule has 0 spiro atoms. The summed E-state index contributed by atoms with van der Waals surface area (Å²) < 4.78 is 0. The van der Waals surface area contributed by atoms with Crippen molar-refractivity contribution in [2.45, 2.75) is 6.54 Å². The molecular weight excluding hydrogens is 226 g/mol. The summed E-state index contributed by atoms with van der Waals surface area (Å²) in [5.74, 6) is 1.11. The third kappa shape index (κ3) is 2.58. The Morgan fingerprint density at radius 3 is 2.81 bits per heavy atom. The molecule has 0 unspecified atom stereocenters. The highest BCUT2D eigenvalue weighted by molar-refractivity contribution is 6.32. The van der Waals surface area contributed by atoms with Gasteiger partial charge in [0.2, 0.25) is 0 Å². The fraction of sp³-hybridized carbons (Fsp3) is 0.100. The lowest BCUT2D eigenvalue weighted by molar-refractivity contribution is 1.07. The van der Waals surface area contributed by atoms with E-state index in [0.29, 0.717) is 23.2 Å². The van der Waals surface area contributed by atoms with Crippen LogP contribution >= 0.6 is 11.6 Å². The summed E-state index contributed by atoms with van der Waals surface area (Å²) in [5, 5.41) is 3.58. The summed E-state index contributed by atoms with van der Waals surface area (Å²) in [6, 6.07) is 3.64. The van der Waals surface area contributed by atoms with Crippen LogP contribution in [0.4, 0.5) is 11.6 Å². The second-order valence-corrected chi connectivity index (χ2v) is 3.57. The Labute approximate surface area is 97.7 Å². The molecule has 2 aromatic heterocycles. The molecule has 0 saturated carbocycles. The Bertz CT molecular complexity index is 471. The van der Waals surface area contributed by atoms with Gasteiger partial charge in [-0.2, -0.15) is 0 Å². The van der Waals surface area contributed by atoms with Gasteiger partial charge in [-0.25, -0.2) is 15.0 Å². The minimum Gasteiger partial charge on any atom is -0.384 e. The number of nitrogens with zero attached hydrogens (tertiary/aromatic N) is 3. The topological polar surface area (TPSA) is 76.7 Å². The molecule has 16 heavy (non-hydrogen) atoms. The largest absolute Gasteiger partial charge is 0.384 e. The minimum absolute atomic E-state index is 0.492. The van der Waals surface area contributed by atoms with Crippen molar-refractivity contribution in [2.24, 2.45) is 0 Å². The molecule has 2 aromatic rings. The smallest absolute Gasteiger partial charge is 0.148 e. The zero-order valence-corrected chi connectivity index (χ0v) is 9.15. The fourth-order valence-electron chi connectivity index (χ4n) is 1.17. The molecule has 0 bridgehead atoms. The van der Waals surface area contributed by atoms with E-state index >= 15 is 0 Å². The number of rotatable bonds is 3. The van der Waals surface area contributed by atoms with Crippen molar-refractivity contribution < 1.29 is 0 Å². The standard InChI is InChI=1S/C10H10ClN5/c11-8-5-13-6-16-10(8)15-4-7-1-2-9(12)14-3-7/h1-3,5-6H,4H2,(H2,12,14)(H,13,15,16). The number of hydrogen-bond acceptors (Lipinski definition) is 5. The molecule has 2 heterocycles. The van der Waals surface area contributed by atoms with Crippen LogP contribution in [0, 0.1) is 0 Å². The molecular formula is C10H10ClN5. The Balaban J connectivity index is 2.02. The van der Waals surface area contributed by atoms with Crippen molar-refractivity contribution in [3.05, 3.63) is 41.4 Å². The molecule has 5 nitrogen and oxygen atoms in total. The number of aromatic nitrogens is 3. The normalized spacial score (nSPS) is 10.1. The first-order chi connectivity index (χ1) is 7.75. The summed E-state index contributed by atoms with van der Waals surface area (Å²) in [6.07, 6.45) is 4.69. The molecule has 3 N–H and O–H groups in total. The van der Waals surface area contributed by atoms with Crippen molar-refractivity contribution in [1.29, 1.82) is 0 Å². The maximum atomic E-state index is 5.89. The number of nitrogens with two attached hydrogens (primary N) is 1. The monoisotopic (exact) mass is 235 g/mol. The van der Waals surface area contributed by atoms with Crippen LogP contribution in [0.3, 0.4) is 0 Å². The number of pyridine rings is 1. The Hall–Kier alpha value is -1.88. The lowest BCUT2D eigenvalue weighted by Gasteiger charge is -2.06. The quantitative estimate of drug-likeness (QED) is 0.847. The van der Waals surface area contributed by atoms with Crippen molar-refractivity contribution >= 4 is 23.2 Å². The van der Waals surface area contributed by atoms with E-state index in [4.69, 9.17) is 17.3 Å². The van der Waals surface area contributed by atoms with Gasteiger partial charge in [-0.15, -0.1) is 0 Å². The zero-order valence-electron chi connectivity index (χ0n) is 8.39. The first-order valence-electron chi connectivity index (χ1n) is 4.65. The lowest BCUT2D eigenvalue weighted by atomic mass is 10.3. The third-order valence-corrected chi connectivity index (χ3v) is 2.25. The second-order valence-electron chi connectivity index (χ2n) is 3.16. The van der Waals surface area contributed by atoms with E-state index in [1.54, 1.807) is 12.3 Å². The van der Waals surface area contributed by atoms with Gasteiger partial charge in [0.1, 0.15) is 23.0 Å². The average Bonchev–Trinajstić information content (AvgIpc) is 2.30. The van der Waals surface area contributed by atoms with Gasteiger partial charge in [0.05, 0.1) is 6.20 Å². The lowest BCUT2D eigenvalue weighted by Crippen LogP contribution is -2.03. The molecule has 0 aromatic carbocycles. The van der Waals surface area contributed by atoms with Crippen LogP contribution < -0.4 is 11.1 Å². The maximum Gasteiger partial charge on any atom is 0.148 e. The minimum atomic E-state index is 0.492. The van der Waals surface area contributed by atoms with Crippen LogP contribution in [0.15, 0.2) is 30.9 Å². The molecule has 0 amide bonds. The molecule has 0 radical (unpaired) electrons. The van der Waals surface area contributed by atoms with Gasteiger partial charge in [-0.05, 0) is 11.6 Å². The number of hydrogen-bond donors (Lipinski definition) is 2. The molecule has 6 heteroatoms. The van der Waals surface area contributed by atoms with Crippen molar-refractivity contribution in [3.8, 4) is 0 Å². The molecule has 82 valence electrons. The van der Waals surface area contributed by atoms with Crippen LogP contribution in [-0.4, -0.2) is 15.0 Å². The predicted molar refractivity (Wildman–Crippen MR) is 63.0 cm³/mol. The van der Waals surface area contributed by atoms with Gasteiger partial charge in [-0.1, -0.05) is 17.7 Å². The maximum absolute atomic E-state index is 5.89. The van der Waals surface area contributed by atoms with Crippen LogP contribution in [0.5, 0.6) is 0 Å². The number of anilines is 2. The molecule has 2 rings (SSSR count). The Morgan fingerprint density at radius 2 is 2.12 bits per heavy atom. The molecule has 0 saturated heterocycles. The number of nitrogen functional groups attached to an aromatic ring is 1. The first kappa shape index (κ1) is 10.6. The van der Waals surface area contributed by atoms with Gasteiger partial charge in [-0.3, -0.25) is 0 Å². The number of halogens is 1. The third-order valence-electron chi connectivity index (χ3n) is 1.98. The summed E-state index contributed by atoms with van der Waals surface area (Å²) >= 11 is 5.89. The SMILES string of the molecule is Nc1ccc(CNc2ncncc2Cl)cn1. The first-order valence-corrected chi connectivity index (χ1v) is 5.03. The highest BCUT2D eigenvalue weighted by Gasteiger charge is 2.00. The van der Waals surface area contributed by atoms with E-state index < -0.39 is 0 Å². The van der Waals surface area contributed by atoms with Gasteiger partial charge in [0.15, 0.2) is 0 Å². The molecule has 0 aliphatic rings. The Morgan fingerprint density at radius 1 is 1.25 bits per heavy atom. The summed E-state index contributed by atoms with van der Waals surface area (Å²) in [5.41, 5.74) is 6.49. The Kier molecular flexibility index (Phi) is 3.16. The molecule has 0 aliphatic carbocycles. The van der Waals surface area contributed by atoms with Gasteiger partial charge in [0.25, 0.3) is 0 Å². The molecule has 0 fully saturated rings. The zero-order chi connectivity index (χ0) is 11.4. The van der Waals surface area contributed by atoms with Crippen molar-refractivity contribution in [2.75, 3.05) is 11.1 Å². The highest BCUT2D eigenvalue weighted by atomic mass is 35.5. The number of nitrogens with one attached hydrogen (secondary N) is 1. The van der Waals surface area contributed by atoms with Crippen LogP contribution in [0.2, 0.25) is 5.02 Å². The second kappa shape index (κ2) is 4.76. The van der Waals surface area contributed by atoms with E-state index in [1.807, 2.05) is 6.07 Å². The van der Waals surface area contributed by atoms with E-state index in [0.717, 1.165) is 5.56 Å². The van der Waals surface area contributed by atoms with E-state index in [2.05, 4.69) is 20.3 Å². The summed E-state index contributed by atoms with van der Waals surface area (Å²) in [4.78, 5) is 11.8. The fourth-order valence-corrected chi connectivity index (χ4v) is 1.34. The van der Waals surface area contributed by atoms with E-state index in [1.165, 1.54) is 12.5 Å². The van der Waals surface area contributed by atoms with Gasteiger partial charge < -0.3 is 11.1 Å².